The Labute approximate surface area is 106 Å². The monoisotopic (exact) mass is 298 g/mol. The van der Waals surface area contributed by atoms with Gasteiger partial charge in [-0.2, -0.15) is 0 Å². The van der Waals surface area contributed by atoms with E-state index < -0.39 is 0 Å². The number of nitrogens with zero attached hydrogens (tertiary/aromatic N) is 1. The van der Waals surface area contributed by atoms with Gasteiger partial charge in [0, 0.05) is 22.6 Å². The number of aromatic amines is 1. The number of amides is 1. The predicted octanol–water partition coefficient (Wildman–Crippen LogP) is 3.11. The molecule has 0 aromatic carbocycles. The van der Waals surface area contributed by atoms with Gasteiger partial charge in [-0.05, 0) is 33.4 Å². The van der Waals surface area contributed by atoms with Crippen molar-refractivity contribution >= 4 is 33.2 Å². The molecule has 0 aliphatic rings. The maximum atomic E-state index is 12.0. The minimum Gasteiger partial charge on any atom is -0.356 e. The van der Waals surface area contributed by atoms with Crippen LogP contribution in [0, 0.1) is 0 Å². The summed E-state index contributed by atoms with van der Waals surface area (Å²) in [5, 5.41) is 2.01. The fraction of sp³-hybridized carbons (Fsp3) is 0.182. The van der Waals surface area contributed by atoms with Crippen LogP contribution in [0.3, 0.4) is 0 Å². The number of carbonyl (C=O) groups excluding carboxylic acids is 1. The lowest BCUT2D eigenvalue weighted by atomic mass is 10.3. The van der Waals surface area contributed by atoms with Crippen LogP contribution in [-0.2, 0) is 6.54 Å². The van der Waals surface area contributed by atoms with Gasteiger partial charge in [0.15, 0.2) is 0 Å². The standard InChI is InChI=1S/C11H11BrN2OS/c1-14(7-9-3-2-4-16-9)11(15)10-5-8(12)6-13-10/h2-6,13H,7H2,1H3. The number of thiophene rings is 1. The van der Waals surface area contributed by atoms with E-state index in [2.05, 4.69) is 20.9 Å². The van der Waals surface area contributed by atoms with Crippen LogP contribution in [0.1, 0.15) is 15.4 Å². The van der Waals surface area contributed by atoms with Crippen LogP contribution in [-0.4, -0.2) is 22.8 Å². The molecule has 0 aliphatic carbocycles. The van der Waals surface area contributed by atoms with Gasteiger partial charge in [-0.25, -0.2) is 0 Å². The van der Waals surface area contributed by atoms with E-state index in [0.29, 0.717) is 12.2 Å². The zero-order chi connectivity index (χ0) is 11.5. The van der Waals surface area contributed by atoms with Gasteiger partial charge in [-0.1, -0.05) is 6.07 Å². The summed E-state index contributed by atoms with van der Waals surface area (Å²) in [5.74, 6) is -0.000833. The molecule has 0 radical (unpaired) electrons. The first-order valence-electron chi connectivity index (χ1n) is 4.78. The van der Waals surface area contributed by atoms with E-state index in [4.69, 9.17) is 0 Å². The molecule has 5 heteroatoms. The summed E-state index contributed by atoms with van der Waals surface area (Å²) < 4.78 is 0.889. The van der Waals surface area contributed by atoms with Crippen molar-refractivity contribution in [2.24, 2.45) is 0 Å². The van der Waals surface area contributed by atoms with Crippen molar-refractivity contribution in [2.45, 2.75) is 6.54 Å². The Bertz CT molecular complexity index is 478. The maximum Gasteiger partial charge on any atom is 0.270 e. The van der Waals surface area contributed by atoms with Gasteiger partial charge in [0.05, 0.1) is 6.54 Å². The molecule has 0 spiro atoms. The molecule has 0 saturated carbocycles. The van der Waals surface area contributed by atoms with Gasteiger partial charge in [0.2, 0.25) is 0 Å². The molecule has 16 heavy (non-hydrogen) atoms. The molecule has 0 atom stereocenters. The number of nitrogens with one attached hydrogen (secondary N) is 1. The molecule has 1 N–H and O–H groups in total. The Morgan fingerprint density at radius 3 is 3.00 bits per heavy atom. The molecule has 2 aromatic rings. The summed E-state index contributed by atoms with van der Waals surface area (Å²) in [5.41, 5.74) is 0.603. The fourth-order valence-electron chi connectivity index (χ4n) is 1.41. The van der Waals surface area contributed by atoms with E-state index in [1.807, 2.05) is 17.5 Å². The summed E-state index contributed by atoms with van der Waals surface area (Å²) in [6, 6.07) is 5.80. The lowest BCUT2D eigenvalue weighted by molar-refractivity contribution is 0.0781. The van der Waals surface area contributed by atoms with E-state index in [1.54, 1.807) is 35.5 Å². The SMILES string of the molecule is CN(Cc1cccs1)C(=O)c1cc(Br)c[nH]1. The molecule has 84 valence electrons. The van der Waals surface area contributed by atoms with Gasteiger partial charge >= 0.3 is 0 Å². The molecule has 0 saturated heterocycles. The number of H-pyrrole nitrogens is 1. The zero-order valence-electron chi connectivity index (χ0n) is 8.74. The average Bonchev–Trinajstić information content (AvgIpc) is 2.88. The molecule has 0 unspecified atom stereocenters. The molecule has 1 amide bonds. The zero-order valence-corrected chi connectivity index (χ0v) is 11.1. The minimum atomic E-state index is -0.000833. The highest BCUT2D eigenvalue weighted by atomic mass is 79.9. The number of rotatable bonds is 3. The highest BCUT2D eigenvalue weighted by Gasteiger charge is 2.13. The van der Waals surface area contributed by atoms with Crippen molar-refractivity contribution in [1.82, 2.24) is 9.88 Å². The molecular formula is C11H11BrN2OS. The third-order valence-electron chi connectivity index (χ3n) is 2.20. The second-order valence-corrected chi connectivity index (χ2v) is 5.42. The van der Waals surface area contributed by atoms with Gasteiger partial charge in [-0.3, -0.25) is 4.79 Å². The Morgan fingerprint density at radius 2 is 2.44 bits per heavy atom. The van der Waals surface area contributed by atoms with Gasteiger partial charge in [0.25, 0.3) is 5.91 Å². The van der Waals surface area contributed by atoms with E-state index in [-0.39, 0.29) is 5.91 Å². The molecule has 0 fully saturated rings. The Morgan fingerprint density at radius 1 is 1.62 bits per heavy atom. The van der Waals surface area contributed by atoms with Crippen molar-refractivity contribution in [2.75, 3.05) is 7.05 Å². The normalized spacial score (nSPS) is 10.4. The maximum absolute atomic E-state index is 12.0. The smallest absolute Gasteiger partial charge is 0.270 e. The predicted molar refractivity (Wildman–Crippen MR) is 68.6 cm³/mol. The van der Waals surface area contributed by atoms with Crippen molar-refractivity contribution < 1.29 is 4.79 Å². The van der Waals surface area contributed by atoms with Crippen LogP contribution in [0.2, 0.25) is 0 Å². The largest absolute Gasteiger partial charge is 0.356 e. The van der Waals surface area contributed by atoms with E-state index in [9.17, 15) is 4.79 Å². The molecular weight excluding hydrogens is 288 g/mol. The second kappa shape index (κ2) is 4.84. The average molecular weight is 299 g/mol. The van der Waals surface area contributed by atoms with Crippen molar-refractivity contribution in [1.29, 1.82) is 0 Å². The van der Waals surface area contributed by atoms with Crippen LogP contribution >= 0.6 is 27.3 Å². The Kier molecular flexibility index (Phi) is 3.46. The van der Waals surface area contributed by atoms with Crippen molar-refractivity contribution in [3.8, 4) is 0 Å². The summed E-state index contributed by atoms with van der Waals surface area (Å²) in [6.07, 6.45) is 1.76. The third-order valence-corrected chi connectivity index (χ3v) is 3.52. The minimum absolute atomic E-state index is 0.000833. The van der Waals surface area contributed by atoms with E-state index >= 15 is 0 Å². The van der Waals surface area contributed by atoms with Crippen LogP contribution < -0.4 is 0 Å². The molecule has 3 nitrogen and oxygen atoms in total. The topological polar surface area (TPSA) is 36.1 Å². The second-order valence-electron chi connectivity index (χ2n) is 3.47. The first kappa shape index (κ1) is 11.4. The highest BCUT2D eigenvalue weighted by Crippen LogP contribution is 2.15. The number of aromatic nitrogens is 1. The molecule has 0 aliphatic heterocycles. The summed E-state index contributed by atoms with van der Waals surface area (Å²) in [4.78, 5) is 17.8. The molecule has 2 rings (SSSR count). The van der Waals surface area contributed by atoms with Crippen LogP contribution in [0.4, 0.5) is 0 Å². The Hall–Kier alpha value is -1.07. The number of carbonyl (C=O) groups is 1. The molecule has 2 heterocycles. The highest BCUT2D eigenvalue weighted by molar-refractivity contribution is 9.10. The first-order chi connectivity index (χ1) is 7.66. The van der Waals surface area contributed by atoms with Crippen LogP contribution in [0.15, 0.2) is 34.2 Å². The van der Waals surface area contributed by atoms with Crippen molar-refractivity contribution in [3.05, 3.63) is 44.8 Å². The number of halogens is 1. The Balaban J connectivity index is 2.05. The summed E-state index contributed by atoms with van der Waals surface area (Å²) >= 11 is 4.97. The summed E-state index contributed by atoms with van der Waals surface area (Å²) in [7, 11) is 1.80. The van der Waals surface area contributed by atoms with E-state index in [1.165, 1.54) is 4.88 Å². The molecule has 2 aromatic heterocycles. The summed E-state index contributed by atoms with van der Waals surface area (Å²) in [6.45, 7) is 0.646. The van der Waals surface area contributed by atoms with Crippen molar-refractivity contribution in [3.63, 3.8) is 0 Å². The van der Waals surface area contributed by atoms with Gasteiger partial charge < -0.3 is 9.88 Å². The quantitative estimate of drug-likeness (QED) is 0.929. The lowest BCUT2D eigenvalue weighted by Gasteiger charge is -2.14. The van der Waals surface area contributed by atoms with Gasteiger partial charge in [0.1, 0.15) is 5.69 Å². The number of hydrogen-bond donors (Lipinski definition) is 1. The van der Waals surface area contributed by atoms with Gasteiger partial charge in [-0.15, -0.1) is 11.3 Å². The third kappa shape index (κ3) is 2.54. The number of hydrogen-bond acceptors (Lipinski definition) is 2. The fourth-order valence-corrected chi connectivity index (χ4v) is 2.51. The van der Waals surface area contributed by atoms with Crippen LogP contribution in [0.5, 0.6) is 0 Å². The van der Waals surface area contributed by atoms with E-state index in [0.717, 1.165) is 4.47 Å². The lowest BCUT2D eigenvalue weighted by Crippen LogP contribution is -2.25. The van der Waals surface area contributed by atoms with Crippen LogP contribution in [0.25, 0.3) is 0 Å². The molecule has 0 bridgehead atoms. The first-order valence-corrected chi connectivity index (χ1v) is 6.46.